The van der Waals surface area contributed by atoms with Crippen LogP contribution in [-0.2, 0) is 0 Å². The summed E-state index contributed by atoms with van der Waals surface area (Å²) in [5.74, 6) is 2.30. The largest absolute Gasteiger partial charge is 0.396 e. The van der Waals surface area contributed by atoms with Crippen molar-refractivity contribution in [3.05, 3.63) is 0 Å². The Kier molecular flexibility index (Phi) is 2.58. The average molecular weight is 184 g/mol. The minimum atomic E-state index is 0.414. The number of rotatable bonds is 4. The molecule has 3 nitrogen and oxygen atoms in total. The van der Waals surface area contributed by atoms with Crippen molar-refractivity contribution in [2.24, 2.45) is 17.8 Å². The van der Waals surface area contributed by atoms with E-state index in [1.165, 1.54) is 19.6 Å². The topological polar surface area (TPSA) is 26.7 Å². The maximum Gasteiger partial charge on any atom is 0.0465 e. The first-order valence-corrected chi connectivity index (χ1v) is 5.20. The molecule has 0 aromatic heterocycles. The van der Waals surface area contributed by atoms with Crippen LogP contribution in [0.25, 0.3) is 0 Å². The van der Waals surface area contributed by atoms with Gasteiger partial charge in [-0.1, -0.05) is 0 Å². The normalized spacial score (nSPS) is 38.3. The SMILES string of the molecule is CN(C)CCN1CC2C(CO)C2C1. The number of hydrogen-bond acceptors (Lipinski definition) is 3. The number of aliphatic hydroxyl groups is 1. The Morgan fingerprint density at radius 1 is 1.31 bits per heavy atom. The first-order valence-electron chi connectivity index (χ1n) is 5.20. The minimum absolute atomic E-state index is 0.414. The fourth-order valence-corrected chi connectivity index (χ4v) is 2.53. The van der Waals surface area contributed by atoms with Gasteiger partial charge in [-0.2, -0.15) is 0 Å². The first-order chi connectivity index (χ1) is 6.22. The van der Waals surface area contributed by atoms with Gasteiger partial charge >= 0.3 is 0 Å². The zero-order valence-electron chi connectivity index (χ0n) is 8.61. The highest BCUT2D eigenvalue weighted by Crippen LogP contribution is 2.50. The molecule has 2 rings (SSSR count). The maximum atomic E-state index is 8.99. The molecule has 0 radical (unpaired) electrons. The van der Waals surface area contributed by atoms with E-state index in [0.717, 1.165) is 18.4 Å². The van der Waals surface area contributed by atoms with Crippen LogP contribution in [0.5, 0.6) is 0 Å². The third-order valence-corrected chi connectivity index (χ3v) is 3.52. The molecule has 0 amide bonds. The van der Waals surface area contributed by atoms with Crippen LogP contribution in [0.15, 0.2) is 0 Å². The molecule has 0 spiro atoms. The van der Waals surface area contributed by atoms with Gasteiger partial charge in [0.25, 0.3) is 0 Å². The van der Waals surface area contributed by atoms with Gasteiger partial charge in [-0.3, -0.25) is 0 Å². The second-order valence-corrected chi connectivity index (χ2v) is 4.74. The molecule has 0 aromatic rings. The van der Waals surface area contributed by atoms with Gasteiger partial charge < -0.3 is 14.9 Å². The van der Waals surface area contributed by atoms with Gasteiger partial charge in [0.1, 0.15) is 0 Å². The van der Waals surface area contributed by atoms with Gasteiger partial charge in [-0.15, -0.1) is 0 Å². The number of aliphatic hydroxyl groups excluding tert-OH is 1. The summed E-state index contributed by atoms with van der Waals surface area (Å²) >= 11 is 0. The number of likely N-dealkylation sites (N-methyl/N-ethyl adjacent to an activating group) is 1. The zero-order valence-corrected chi connectivity index (χ0v) is 8.61. The summed E-state index contributed by atoms with van der Waals surface area (Å²) in [4.78, 5) is 4.76. The van der Waals surface area contributed by atoms with Gasteiger partial charge in [0.15, 0.2) is 0 Å². The highest BCUT2D eigenvalue weighted by Gasteiger charge is 2.54. The fraction of sp³-hybridized carbons (Fsp3) is 1.00. The van der Waals surface area contributed by atoms with Gasteiger partial charge in [0, 0.05) is 32.8 Å². The molecule has 0 aromatic carbocycles. The van der Waals surface area contributed by atoms with Crippen LogP contribution < -0.4 is 0 Å². The van der Waals surface area contributed by atoms with Crippen molar-refractivity contribution < 1.29 is 5.11 Å². The Hall–Kier alpha value is -0.120. The van der Waals surface area contributed by atoms with Crippen molar-refractivity contribution in [1.29, 1.82) is 0 Å². The monoisotopic (exact) mass is 184 g/mol. The van der Waals surface area contributed by atoms with Crippen LogP contribution in [-0.4, -0.2) is 61.8 Å². The predicted octanol–water partition coefficient (Wildman–Crippen LogP) is -0.282. The lowest BCUT2D eigenvalue weighted by atomic mass is 10.3. The van der Waals surface area contributed by atoms with Gasteiger partial charge in [-0.05, 0) is 31.8 Å². The van der Waals surface area contributed by atoms with E-state index < -0.39 is 0 Å². The van der Waals surface area contributed by atoms with Crippen LogP contribution >= 0.6 is 0 Å². The van der Waals surface area contributed by atoms with Crippen molar-refractivity contribution in [1.82, 2.24) is 9.80 Å². The van der Waals surface area contributed by atoms with E-state index in [1.807, 2.05) is 0 Å². The molecule has 2 atom stereocenters. The summed E-state index contributed by atoms with van der Waals surface area (Å²) in [6.45, 7) is 5.21. The second-order valence-electron chi connectivity index (χ2n) is 4.74. The maximum absolute atomic E-state index is 8.99. The average Bonchev–Trinajstić information content (AvgIpc) is 2.56. The third kappa shape index (κ3) is 1.87. The van der Waals surface area contributed by atoms with E-state index in [-0.39, 0.29) is 0 Å². The van der Waals surface area contributed by atoms with Crippen molar-refractivity contribution >= 4 is 0 Å². The highest BCUT2D eigenvalue weighted by molar-refractivity contribution is 5.04. The molecule has 1 aliphatic heterocycles. The number of nitrogens with zero attached hydrogens (tertiary/aromatic N) is 2. The Balaban J connectivity index is 1.66. The molecule has 2 unspecified atom stereocenters. The van der Waals surface area contributed by atoms with Gasteiger partial charge in [0.05, 0.1) is 0 Å². The Bertz CT molecular complexity index is 172. The molecule has 1 saturated heterocycles. The van der Waals surface area contributed by atoms with Crippen molar-refractivity contribution in [3.63, 3.8) is 0 Å². The molecule has 13 heavy (non-hydrogen) atoms. The van der Waals surface area contributed by atoms with E-state index in [2.05, 4.69) is 23.9 Å². The van der Waals surface area contributed by atoms with Crippen LogP contribution in [0.4, 0.5) is 0 Å². The lowest BCUT2D eigenvalue weighted by molar-refractivity contribution is 0.210. The minimum Gasteiger partial charge on any atom is -0.396 e. The molecular formula is C10H20N2O. The van der Waals surface area contributed by atoms with E-state index in [4.69, 9.17) is 5.11 Å². The van der Waals surface area contributed by atoms with E-state index in [0.29, 0.717) is 12.5 Å². The molecule has 1 heterocycles. The van der Waals surface area contributed by atoms with Crippen LogP contribution in [0.1, 0.15) is 0 Å². The number of fused-ring (bicyclic) bond motifs is 1. The molecule has 1 saturated carbocycles. The van der Waals surface area contributed by atoms with Gasteiger partial charge in [0.2, 0.25) is 0 Å². The predicted molar refractivity (Wildman–Crippen MR) is 52.5 cm³/mol. The molecule has 3 heteroatoms. The van der Waals surface area contributed by atoms with Crippen LogP contribution in [0.3, 0.4) is 0 Å². The quantitative estimate of drug-likeness (QED) is 0.651. The number of likely N-dealkylation sites (tertiary alicyclic amines) is 1. The van der Waals surface area contributed by atoms with E-state index in [1.54, 1.807) is 0 Å². The third-order valence-electron chi connectivity index (χ3n) is 3.52. The molecule has 0 bridgehead atoms. The lowest BCUT2D eigenvalue weighted by Crippen LogP contribution is -2.32. The smallest absolute Gasteiger partial charge is 0.0465 e. The van der Waals surface area contributed by atoms with Crippen molar-refractivity contribution in [2.75, 3.05) is 46.9 Å². The lowest BCUT2D eigenvalue weighted by Gasteiger charge is -2.20. The van der Waals surface area contributed by atoms with Crippen molar-refractivity contribution in [2.45, 2.75) is 0 Å². The number of hydrogen-bond donors (Lipinski definition) is 1. The molecular weight excluding hydrogens is 164 g/mol. The summed E-state index contributed by atoms with van der Waals surface area (Å²) in [5.41, 5.74) is 0. The highest BCUT2D eigenvalue weighted by atomic mass is 16.3. The Labute approximate surface area is 80.3 Å². The number of piperidine rings is 1. The second kappa shape index (κ2) is 3.56. The molecule has 76 valence electrons. The van der Waals surface area contributed by atoms with Crippen LogP contribution in [0.2, 0.25) is 0 Å². The molecule has 1 aliphatic carbocycles. The zero-order chi connectivity index (χ0) is 9.42. The molecule has 1 N–H and O–H groups in total. The van der Waals surface area contributed by atoms with Crippen molar-refractivity contribution in [3.8, 4) is 0 Å². The summed E-state index contributed by atoms with van der Waals surface area (Å²) in [6, 6.07) is 0. The van der Waals surface area contributed by atoms with E-state index in [9.17, 15) is 0 Å². The summed E-state index contributed by atoms with van der Waals surface area (Å²) in [5, 5.41) is 8.99. The summed E-state index contributed by atoms with van der Waals surface area (Å²) in [7, 11) is 4.24. The van der Waals surface area contributed by atoms with Gasteiger partial charge in [-0.25, -0.2) is 0 Å². The van der Waals surface area contributed by atoms with E-state index >= 15 is 0 Å². The fourth-order valence-electron chi connectivity index (χ4n) is 2.53. The van der Waals surface area contributed by atoms with Crippen LogP contribution in [0, 0.1) is 17.8 Å². The Morgan fingerprint density at radius 3 is 2.38 bits per heavy atom. The molecule has 2 aliphatic rings. The summed E-state index contributed by atoms with van der Waals surface area (Å²) < 4.78 is 0. The molecule has 2 fully saturated rings. The standard InChI is InChI=1S/C10H20N2O/c1-11(2)3-4-12-5-8-9(6-12)10(8)7-13/h8-10,13H,3-7H2,1-2H3. The Morgan fingerprint density at radius 2 is 1.92 bits per heavy atom. The first kappa shape index (κ1) is 9.44. The summed E-state index contributed by atoms with van der Waals surface area (Å²) in [6.07, 6.45) is 0.